The molecule has 1 saturated carbocycles. The summed E-state index contributed by atoms with van der Waals surface area (Å²) < 4.78 is 18.1. The summed E-state index contributed by atoms with van der Waals surface area (Å²) in [5.74, 6) is 0.580. The van der Waals surface area contributed by atoms with Crippen LogP contribution in [0.5, 0.6) is 0 Å². The van der Waals surface area contributed by atoms with Gasteiger partial charge in [-0.25, -0.2) is 9.18 Å². The van der Waals surface area contributed by atoms with Crippen molar-refractivity contribution in [3.05, 3.63) is 29.6 Å². The van der Waals surface area contributed by atoms with Crippen LogP contribution in [0, 0.1) is 17.7 Å². The van der Waals surface area contributed by atoms with Crippen molar-refractivity contribution in [2.24, 2.45) is 11.8 Å². The molecule has 0 bridgehead atoms. The molecule has 3 nitrogen and oxygen atoms in total. The molecule has 1 aliphatic carbocycles. The average Bonchev–Trinajstić information content (AvgIpc) is 2.48. The number of ether oxygens (including phenoxy) is 1. The number of carbonyl (C=O) groups excluding carboxylic acids is 1. The Morgan fingerprint density at radius 3 is 2.52 bits per heavy atom. The van der Waals surface area contributed by atoms with E-state index in [-0.39, 0.29) is 5.56 Å². The van der Waals surface area contributed by atoms with E-state index in [2.05, 4.69) is 19.2 Å². The lowest BCUT2D eigenvalue weighted by Gasteiger charge is -2.32. The van der Waals surface area contributed by atoms with Crippen molar-refractivity contribution in [1.29, 1.82) is 0 Å². The van der Waals surface area contributed by atoms with Crippen molar-refractivity contribution in [2.75, 3.05) is 12.4 Å². The zero-order chi connectivity index (χ0) is 15.4. The molecule has 116 valence electrons. The van der Waals surface area contributed by atoms with E-state index in [1.54, 1.807) is 6.07 Å². The van der Waals surface area contributed by atoms with Gasteiger partial charge in [0.2, 0.25) is 0 Å². The molecular formula is C17H24FNO2. The van der Waals surface area contributed by atoms with Crippen molar-refractivity contribution >= 4 is 11.7 Å². The number of benzene rings is 1. The topological polar surface area (TPSA) is 38.3 Å². The number of esters is 1. The summed E-state index contributed by atoms with van der Waals surface area (Å²) in [5, 5.41) is 3.38. The van der Waals surface area contributed by atoms with Crippen LogP contribution in [-0.4, -0.2) is 19.1 Å². The molecule has 1 aromatic rings. The zero-order valence-corrected chi connectivity index (χ0v) is 13.0. The molecule has 1 fully saturated rings. The first kappa shape index (κ1) is 15.8. The van der Waals surface area contributed by atoms with E-state index in [4.69, 9.17) is 4.74 Å². The molecule has 21 heavy (non-hydrogen) atoms. The molecule has 0 amide bonds. The molecule has 1 aromatic carbocycles. The van der Waals surface area contributed by atoms with Crippen LogP contribution in [0.4, 0.5) is 10.1 Å². The number of halogens is 1. The number of carbonyl (C=O) groups is 1. The van der Waals surface area contributed by atoms with Gasteiger partial charge in [0.05, 0.1) is 12.7 Å². The summed E-state index contributed by atoms with van der Waals surface area (Å²) >= 11 is 0. The Morgan fingerprint density at radius 2 is 1.95 bits per heavy atom. The van der Waals surface area contributed by atoms with Gasteiger partial charge >= 0.3 is 5.97 Å². The van der Waals surface area contributed by atoms with Crippen molar-refractivity contribution in [2.45, 2.75) is 45.6 Å². The molecule has 1 aliphatic rings. The Hall–Kier alpha value is -1.58. The van der Waals surface area contributed by atoms with E-state index < -0.39 is 11.8 Å². The smallest absolute Gasteiger partial charge is 0.340 e. The molecule has 1 N–H and O–H groups in total. The minimum absolute atomic E-state index is 0.267. The molecular weight excluding hydrogens is 269 g/mol. The molecule has 0 radical (unpaired) electrons. The number of methoxy groups -OCH3 is 1. The van der Waals surface area contributed by atoms with E-state index >= 15 is 0 Å². The fourth-order valence-electron chi connectivity index (χ4n) is 3.07. The Bertz CT molecular complexity index is 494. The van der Waals surface area contributed by atoms with Crippen LogP contribution < -0.4 is 5.32 Å². The second kappa shape index (κ2) is 6.92. The largest absolute Gasteiger partial charge is 0.465 e. The molecule has 0 aliphatic heterocycles. The number of rotatable bonds is 4. The van der Waals surface area contributed by atoms with Gasteiger partial charge in [-0.15, -0.1) is 0 Å². The highest BCUT2D eigenvalue weighted by atomic mass is 19.1. The van der Waals surface area contributed by atoms with Gasteiger partial charge in [-0.2, -0.15) is 0 Å². The highest BCUT2D eigenvalue weighted by Gasteiger charge is 2.24. The van der Waals surface area contributed by atoms with E-state index in [1.165, 1.54) is 32.1 Å². The van der Waals surface area contributed by atoms with Gasteiger partial charge in [-0.3, -0.25) is 0 Å². The van der Waals surface area contributed by atoms with Crippen LogP contribution in [-0.2, 0) is 4.74 Å². The molecule has 0 heterocycles. The van der Waals surface area contributed by atoms with Crippen LogP contribution >= 0.6 is 0 Å². The van der Waals surface area contributed by atoms with Gasteiger partial charge in [0.1, 0.15) is 5.82 Å². The van der Waals surface area contributed by atoms with Crippen molar-refractivity contribution in [3.8, 4) is 0 Å². The van der Waals surface area contributed by atoms with Gasteiger partial charge in [0, 0.05) is 11.7 Å². The maximum atomic E-state index is 13.3. The Labute approximate surface area is 125 Å². The summed E-state index contributed by atoms with van der Waals surface area (Å²) in [6, 6.07) is 4.56. The summed E-state index contributed by atoms with van der Waals surface area (Å²) in [6.07, 6.45) is 4.57. The zero-order valence-electron chi connectivity index (χ0n) is 13.0. The predicted molar refractivity (Wildman–Crippen MR) is 81.9 cm³/mol. The summed E-state index contributed by atoms with van der Waals surface area (Å²) in [4.78, 5) is 11.7. The number of hydrogen-bond donors (Lipinski definition) is 1. The number of anilines is 1. The molecule has 4 heteroatoms. The molecule has 0 saturated heterocycles. The second-order valence-electron chi connectivity index (χ2n) is 6.18. The predicted octanol–water partition coefficient (Wildman–Crippen LogP) is 4.24. The quantitative estimate of drug-likeness (QED) is 0.844. The number of hydrogen-bond acceptors (Lipinski definition) is 3. The normalized spacial score (nSPS) is 22.1. The summed E-state index contributed by atoms with van der Waals surface area (Å²) in [6.45, 7) is 4.54. The summed E-state index contributed by atoms with van der Waals surface area (Å²) in [7, 11) is 1.31. The molecule has 0 aromatic heterocycles. The first-order chi connectivity index (χ1) is 10.0. The van der Waals surface area contributed by atoms with Crippen molar-refractivity contribution in [1.82, 2.24) is 0 Å². The highest BCUT2D eigenvalue weighted by Crippen LogP contribution is 2.32. The lowest BCUT2D eigenvalue weighted by molar-refractivity contribution is 0.0601. The first-order valence-electron chi connectivity index (χ1n) is 7.65. The molecule has 2 rings (SSSR count). The first-order valence-corrected chi connectivity index (χ1v) is 7.65. The van der Waals surface area contributed by atoms with E-state index in [1.807, 2.05) is 0 Å². The van der Waals surface area contributed by atoms with E-state index in [0.29, 0.717) is 11.7 Å². The Balaban J connectivity index is 2.05. The van der Waals surface area contributed by atoms with Gasteiger partial charge in [0.15, 0.2) is 0 Å². The fraction of sp³-hybridized carbons (Fsp3) is 0.588. The average molecular weight is 293 g/mol. The lowest BCUT2D eigenvalue weighted by atomic mass is 9.79. The van der Waals surface area contributed by atoms with Crippen LogP contribution in [0.25, 0.3) is 0 Å². The maximum absolute atomic E-state index is 13.3. The van der Waals surface area contributed by atoms with Crippen LogP contribution in [0.2, 0.25) is 0 Å². The number of nitrogens with one attached hydrogen (secondary N) is 1. The van der Waals surface area contributed by atoms with E-state index in [9.17, 15) is 9.18 Å². The van der Waals surface area contributed by atoms with Gasteiger partial charge < -0.3 is 10.1 Å². The third-order valence-electron chi connectivity index (χ3n) is 4.46. The second-order valence-corrected chi connectivity index (χ2v) is 6.18. The minimum Gasteiger partial charge on any atom is -0.465 e. The van der Waals surface area contributed by atoms with Gasteiger partial charge in [0.25, 0.3) is 0 Å². The van der Waals surface area contributed by atoms with Gasteiger partial charge in [-0.05, 0) is 55.7 Å². The highest BCUT2D eigenvalue weighted by molar-refractivity contribution is 5.95. The van der Waals surface area contributed by atoms with Crippen molar-refractivity contribution < 1.29 is 13.9 Å². The fourth-order valence-corrected chi connectivity index (χ4v) is 3.07. The molecule has 0 atom stereocenters. The molecule has 0 spiro atoms. The van der Waals surface area contributed by atoms with Crippen LogP contribution in [0.3, 0.4) is 0 Å². The van der Waals surface area contributed by atoms with E-state index in [0.717, 1.165) is 24.7 Å². The van der Waals surface area contributed by atoms with Gasteiger partial charge in [-0.1, -0.05) is 13.8 Å². The Kier molecular flexibility index (Phi) is 5.21. The van der Waals surface area contributed by atoms with Crippen molar-refractivity contribution in [3.63, 3.8) is 0 Å². The van der Waals surface area contributed by atoms with Crippen LogP contribution in [0.1, 0.15) is 49.9 Å². The molecule has 0 unspecified atom stereocenters. The third kappa shape index (κ3) is 3.96. The SMILES string of the molecule is COC(=O)c1cc(F)ccc1NC1CCC(C(C)C)CC1. The maximum Gasteiger partial charge on any atom is 0.340 e. The third-order valence-corrected chi connectivity index (χ3v) is 4.46. The monoisotopic (exact) mass is 293 g/mol. The lowest BCUT2D eigenvalue weighted by Crippen LogP contribution is -2.28. The standard InChI is InChI=1S/C17H24FNO2/c1-11(2)12-4-7-14(8-5-12)19-16-9-6-13(18)10-15(16)17(20)21-3/h6,9-12,14,19H,4-5,7-8H2,1-3H3. The minimum atomic E-state index is -0.507. The van der Waals surface area contributed by atoms with Crippen LogP contribution in [0.15, 0.2) is 18.2 Å². The summed E-state index contributed by atoms with van der Waals surface area (Å²) in [5.41, 5.74) is 0.930. The Morgan fingerprint density at radius 1 is 1.29 bits per heavy atom.